The predicted molar refractivity (Wildman–Crippen MR) is 134 cm³/mol. The molecule has 33 heavy (non-hydrogen) atoms. The number of fused-ring (bicyclic) bond motifs is 1. The van der Waals surface area contributed by atoms with Crippen molar-refractivity contribution in [2.24, 2.45) is 0 Å². The Bertz CT molecular complexity index is 1020. The summed E-state index contributed by atoms with van der Waals surface area (Å²) in [6, 6.07) is 15.0. The Hall–Kier alpha value is -2.79. The fourth-order valence-corrected chi connectivity index (χ4v) is 5.02. The fraction of sp³-hybridized carbons (Fsp3) is 0.464. The maximum atomic E-state index is 11.7. The molecule has 0 aromatic heterocycles. The van der Waals surface area contributed by atoms with Crippen LogP contribution in [0.5, 0.6) is 5.75 Å². The number of nitrogens with zero attached hydrogens (tertiary/aromatic N) is 3. The van der Waals surface area contributed by atoms with Gasteiger partial charge in [0.1, 0.15) is 5.75 Å². The lowest BCUT2D eigenvalue weighted by molar-refractivity contribution is -0.130. The Morgan fingerprint density at radius 3 is 2.42 bits per heavy atom. The average molecular weight is 448 g/mol. The highest BCUT2D eigenvalue weighted by atomic mass is 16.5. The molecule has 0 bridgehead atoms. The van der Waals surface area contributed by atoms with Gasteiger partial charge in [0.05, 0.1) is 7.11 Å². The van der Waals surface area contributed by atoms with E-state index in [4.69, 9.17) is 4.74 Å². The molecule has 0 radical (unpaired) electrons. The lowest BCUT2D eigenvalue weighted by Gasteiger charge is -2.37. The number of hydrogen-bond acceptors (Lipinski definition) is 4. The van der Waals surface area contributed by atoms with E-state index in [0.717, 1.165) is 63.6 Å². The molecule has 4 rings (SSSR count). The summed E-state index contributed by atoms with van der Waals surface area (Å²) in [7, 11) is 1.72. The summed E-state index contributed by atoms with van der Waals surface area (Å²) < 4.78 is 5.39. The van der Waals surface area contributed by atoms with Gasteiger partial charge in [0.15, 0.2) is 0 Å². The summed E-state index contributed by atoms with van der Waals surface area (Å²) in [5, 5.41) is 0. The molecule has 5 heteroatoms. The molecule has 2 aromatic carbocycles. The van der Waals surface area contributed by atoms with Gasteiger partial charge in [-0.2, -0.15) is 0 Å². The Balaban J connectivity index is 1.43. The van der Waals surface area contributed by atoms with Crippen molar-refractivity contribution in [3.63, 3.8) is 0 Å². The Kier molecular flexibility index (Phi) is 6.80. The number of methoxy groups -OCH3 is 1. The highest BCUT2D eigenvalue weighted by Gasteiger charge is 2.33. The first kappa shape index (κ1) is 23.4. The maximum absolute atomic E-state index is 11.7. The summed E-state index contributed by atoms with van der Waals surface area (Å²) in [6.45, 7) is 16.0. The maximum Gasteiger partial charge on any atom is 0.219 e. The molecule has 2 aliphatic heterocycles. The molecule has 1 fully saturated rings. The number of carbonyl (C=O) groups is 1. The first-order valence-corrected chi connectivity index (χ1v) is 12.0. The number of hydrogen-bond donors (Lipinski definition) is 0. The highest BCUT2D eigenvalue weighted by Crippen LogP contribution is 2.36. The second-order valence-corrected chi connectivity index (χ2v) is 9.90. The molecule has 2 aromatic rings. The lowest BCUT2D eigenvalue weighted by Crippen LogP contribution is -2.47. The smallest absolute Gasteiger partial charge is 0.219 e. The molecule has 0 unspecified atom stereocenters. The number of aryl methyl sites for hydroxylation is 1. The average Bonchev–Trinajstić information content (AvgIpc) is 3.28. The summed E-state index contributed by atoms with van der Waals surface area (Å²) in [6.07, 6.45) is 2.11. The number of amides is 1. The third kappa shape index (κ3) is 5.09. The van der Waals surface area contributed by atoms with Crippen molar-refractivity contribution in [1.29, 1.82) is 0 Å². The molecule has 5 nitrogen and oxygen atoms in total. The Labute approximate surface area is 198 Å². The lowest BCUT2D eigenvalue weighted by atomic mass is 9.93. The van der Waals surface area contributed by atoms with E-state index in [1.54, 1.807) is 14.0 Å². The van der Waals surface area contributed by atoms with Crippen molar-refractivity contribution < 1.29 is 9.53 Å². The summed E-state index contributed by atoms with van der Waals surface area (Å²) in [5.74, 6) is 1.08. The zero-order valence-electron chi connectivity index (χ0n) is 20.6. The van der Waals surface area contributed by atoms with E-state index in [1.807, 2.05) is 11.0 Å². The van der Waals surface area contributed by atoms with Crippen LogP contribution in [0.15, 0.2) is 49.0 Å². The summed E-state index contributed by atoms with van der Waals surface area (Å²) in [4.78, 5) is 18.5. The van der Waals surface area contributed by atoms with E-state index < -0.39 is 0 Å². The van der Waals surface area contributed by atoms with Crippen LogP contribution in [0.25, 0.3) is 5.70 Å². The fourth-order valence-electron chi connectivity index (χ4n) is 5.02. The number of piperazine rings is 1. The second kappa shape index (κ2) is 9.60. The van der Waals surface area contributed by atoms with Crippen molar-refractivity contribution in [1.82, 2.24) is 14.7 Å². The molecule has 2 heterocycles. The van der Waals surface area contributed by atoms with Crippen molar-refractivity contribution >= 4 is 11.6 Å². The van der Waals surface area contributed by atoms with E-state index >= 15 is 0 Å². The third-order valence-electron chi connectivity index (χ3n) is 7.42. The van der Waals surface area contributed by atoms with Gasteiger partial charge in [-0.15, -0.1) is 0 Å². The molecule has 0 atom stereocenters. The van der Waals surface area contributed by atoms with Crippen LogP contribution in [-0.2, 0) is 24.3 Å². The van der Waals surface area contributed by atoms with Crippen LogP contribution in [0.2, 0.25) is 0 Å². The molecule has 0 spiro atoms. The number of rotatable bonds is 7. The van der Waals surface area contributed by atoms with Crippen molar-refractivity contribution in [2.75, 3.05) is 33.3 Å². The van der Waals surface area contributed by atoms with Crippen molar-refractivity contribution in [2.45, 2.75) is 52.2 Å². The van der Waals surface area contributed by atoms with Gasteiger partial charge >= 0.3 is 0 Å². The standard InChI is InChI=1S/C28H37N3O2/c1-21(29-14-16-30(17-15-29)22(2)32)26-11-7-9-24-19-31(20-27(24)26)28(3,4)13-12-23-8-6-10-25(18-23)33-5/h6-11,18H,1,12-17,19-20H2,2-5H3. The zero-order chi connectivity index (χ0) is 23.6. The Morgan fingerprint density at radius 2 is 1.73 bits per heavy atom. The van der Waals surface area contributed by atoms with Gasteiger partial charge in [0, 0.05) is 63.0 Å². The Morgan fingerprint density at radius 1 is 1.03 bits per heavy atom. The predicted octanol–water partition coefficient (Wildman–Crippen LogP) is 4.56. The van der Waals surface area contributed by atoms with Crippen molar-refractivity contribution in [3.05, 3.63) is 71.3 Å². The number of benzene rings is 2. The molecule has 1 amide bonds. The van der Waals surface area contributed by atoms with Gasteiger partial charge in [-0.25, -0.2) is 0 Å². The van der Waals surface area contributed by atoms with Gasteiger partial charge in [-0.05, 0) is 55.5 Å². The minimum Gasteiger partial charge on any atom is -0.497 e. The van der Waals surface area contributed by atoms with Crippen LogP contribution >= 0.6 is 0 Å². The molecule has 2 aliphatic rings. The largest absolute Gasteiger partial charge is 0.497 e. The third-order valence-corrected chi connectivity index (χ3v) is 7.42. The molecule has 176 valence electrons. The van der Waals surface area contributed by atoms with E-state index in [0.29, 0.717) is 0 Å². The SMILES string of the molecule is C=C(c1cccc2c1CN(C(C)(C)CCc1cccc(OC)c1)C2)N1CCN(C(C)=O)CC1. The molecule has 0 aliphatic carbocycles. The van der Waals surface area contributed by atoms with E-state index in [2.05, 4.69) is 66.6 Å². The van der Waals surface area contributed by atoms with Gasteiger partial charge in [0.2, 0.25) is 5.91 Å². The topological polar surface area (TPSA) is 36.0 Å². The number of ether oxygens (including phenoxy) is 1. The summed E-state index contributed by atoms with van der Waals surface area (Å²) in [5.41, 5.74) is 6.56. The molecule has 0 saturated carbocycles. The summed E-state index contributed by atoms with van der Waals surface area (Å²) >= 11 is 0. The molecule has 1 saturated heterocycles. The van der Waals surface area contributed by atoms with Crippen LogP contribution in [0.1, 0.15) is 49.4 Å². The molecular formula is C28H37N3O2. The number of carbonyl (C=O) groups excluding carboxylic acids is 1. The molecular weight excluding hydrogens is 410 g/mol. The van der Waals surface area contributed by atoms with Crippen molar-refractivity contribution in [3.8, 4) is 5.75 Å². The van der Waals surface area contributed by atoms with Gasteiger partial charge in [-0.1, -0.05) is 36.9 Å². The minimum atomic E-state index is 0.0772. The first-order chi connectivity index (χ1) is 15.8. The van der Waals surface area contributed by atoms with Crippen LogP contribution in [0.4, 0.5) is 0 Å². The van der Waals surface area contributed by atoms with Gasteiger partial charge < -0.3 is 14.5 Å². The first-order valence-electron chi connectivity index (χ1n) is 12.0. The van der Waals surface area contributed by atoms with Crippen LogP contribution < -0.4 is 4.74 Å². The van der Waals surface area contributed by atoms with E-state index in [9.17, 15) is 4.79 Å². The van der Waals surface area contributed by atoms with E-state index in [-0.39, 0.29) is 11.4 Å². The van der Waals surface area contributed by atoms with Gasteiger partial charge in [0.25, 0.3) is 0 Å². The normalized spacial score (nSPS) is 16.6. The minimum absolute atomic E-state index is 0.0772. The monoisotopic (exact) mass is 447 g/mol. The highest BCUT2D eigenvalue weighted by molar-refractivity contribution is 5.73. The van der Waals surface area contributed by atoms with E-state index in [1.165, 1.54) is 22.3 Å². The quantitative estimate of drug-likeness (QED) is 0.624. The van der Waals surface area contributed by atoms with Crippen LogP contribution in [-0.4, -0.2) is 59.4 Å². The van der Waals surface area contributed by atoms with Gasteiger partial charge in [-0.3, -0.25) is 9.69 Å². The zero-order valence-corrected chi connectivity index (χ0v) is 20.6. The van der Waals surface area contributed by atoms with Crippen LogP contribution in [0.3, 0.4) is 0 Å². The van der Waals surface area contributed by atoms with Crippen LogP contribution in [0, 0.1) is 0 Å². The molecule has 0 N–H and O–H groups in total. The second-order valence-electron chi connectivity index (χ2n) is 9.90.